The number of anilines is 2. The van der Waals surface area contributed by atoms with Crippen LogP contribution in [0.25, 0.3) is 0 Å². The number of nitrogens with zero attached hydrogens (tertiary/aromatic N) is 1. The van der Waals surface area contributed by atoms with Crippen molar-refractivity contribution in [1.82, 2.24) is 0 Å². The van der Waals surface area contributed by atoms with Crippen molar-refractivity contribution in [2.24, 2.45) is 0 Å². The maximum absolute atomic E-state index is 12.3. The average Bonchev–Trinajstić information content (AvgIpc) is 2.46. The molecule has 1 unspecified atom stereocenters. The summed E-state index contributed by atoms with van der Waals surface area (Å²) in [5.74, 6) is 0. The zero-order chi connectivity index (χ0) is 15.4. The fourth-order valence-electron chi connectivity index (χ4n) is 2.04. The lowest BCUT2D eigenvalue weighted by Gasteiger charge is -2.19. The Labute approximate surface area is 125 Å². The summed E-state index contributed by atoms with van der Waals surface area (Å²) in [7, 11) is 1.72. The second-order valence-corrected chi connectivity index (χ2v) is 5.13. The van der Waals surface area contributed by atoms with Crippen molar-refractivity contribution < 1.29 is 9.90 Å². The van der Waals surface area contributed by atoms with E-state index in [9.17, 15) is 9.90 Å². The molecule has 0 aromatic heterocycles. The van der Waals surface area contributed by atoms with Gasteiger partial charge in [-0.05, 0) is 49.2 Å². The number of nitrogens with one attached hydrogen (secondary N) is 1. The highest BCUT2D eigenvalue weighted by molar-refractivity contribution is 6.01. The van der Waals surface area contributed by atoms with Crippen molar-refractivity contribution >= 4 is 17.4 Å². The van der Waals surface area contributed by atoms with Crippen LogP contribution in [-0.4, -0.2) is 18.2 Å². The summed E-state index contributed by atoms with van der Waals surface area (Å²) < 4.78 is 0. The van der Waals surface area contributed by atoms with Gasteiger partial charge in [0.1, 0.15) is 0 Å². The Balaban J connectivity index is 2.12. The average molecular weight is 284 g/mol. The van der Waals surface area contributed by atoms with Gasteiger partial charge in [-0.2, -0.15) is 0 Å². The Bertz CT molecular complexity index is 638. The Hall–Kier alpha value is -2.33. The minimum atomic E-state index is -0.559. The number of hydrogen-bond donors (Lipinski definition) is 2. The highest BCUT2D eigenvalue weighted by Crippen LogP contribution is 2.19. The van der Waals surface area contributed by atoms with E-state index in [0.29, 0.717) is 5.69 Å². The van der Waals surface area contributed by atoms with E-state index in [1.807, 2.05) is 43.3 Å². The third-order valence-electron chi connectivity index (χ3n) is 3.31. The van der Waals surface area contributed by atoms with Crippen molar-refractivity contribution in [3.8, 4) is 0 Å². The largest absolute Gasteiger partial charge is 0.389 e. The lowest BCUT2D eigenvalue weighted by atomic mass is 10.1. The van der Waals surface area contributed by atoms with E-state index in [1.165, 1.54) is 0 Å². The van der Waals surface area contributed by atoms with Gasteiger partial charge in [0.25, 0.3) is 0 Å². The monoisotopic (exact) mass is 284 g/mol. The Kier molecular flexibility index (Phi) is 4.60. The second-order valence-electron chi connectivity index (χ2n) is 5.13. The molecule has 0 aliphatic carbocycles. The molecule has 0 radical (unpaired) electrons. The molecule has 0 saturated heterocycles. The first-order chi connectivity index (χ1) is 9.97. The van der Waals surface area contributed by atoms with Crippen molar-refractivity contribution in [2.45, 2.75) is 20.0 Å². The molecule has 2 N–H and O–H groups in total. The van der Waals surface area contributed by atoms with Crippen LogP contribution in [0, 0.1) is 6.92 Å². The molecule has 2 aromatic rings. The molecule has 0 fully saturated rings. The van der Waals surface area contributed by atoms with Gasteiger partial charge in [0, 0.05) is 18.4 Å². The first-order valence-corrected chi connectivity index (χ1v) is 6.87. The van der Waals surface area contributed by atoms with Crippen LogP contribution in [0.2, 0.25) is 0 Å². The van der Waals surface area contributed by atoms with E-state index in [-0.39, 0.29) is 6.03 Å². The second kappa shape index (κ2) is 6.41. The number of benzene rings is 2. The summed E-state index contributed by atoms with van der Waals surface area (Å²) in [5.41, 5.74) is 3.37. The fraction of sp³-hybridized carbons (Fsp3) is 0.235. The Morgan fingerprint density at radius 2 is 1.90 bits per heavy atom. The molecular formula is C17H20N2O2. The number of urea groups is 1. The van der Waals surface area contributed by atoms with E-state index in [0.717, 1.165) is 16.8 Å². The van der Waals surface area contributed by atoms with Gasteiger partial charge in [-0.15, -0.1) is 0 Å². The first kappa shape index (κ1) is 15.1. The molecule has 0 bridgehead atoms. The number of aliphatic hydroxyl groups is 1. The van der Waals surface area contributed by atoms with E-state index < -0.39 is 6.10 Å². The summed E-state index contributed by atoms with van der Waals surface area (Å²) >= 11 is 0. The SMILES string of the molecule is Cc1cccc(N(C)C(=O)Nc2cccc(C(C)O)c2)c1. The van der Waals surface area contributed by atoms with Crippen LogP contribution in [-0.2, 0) is 0 Å². The normalized spacial score (nSPS) is 11.8. The predicted octanol–water partition coefficient (Wildman–Crippen LogP) is 3.72. The number of aliphatic hydroxyl groups excluding tert-OH is 1. The summed E-state index contributed by atoms with van der Waals surface area (Å²) in [6.45, 7) is 3.68. The van der Waals surface area contributed by atoms with Crippen LogP contribution in [0.15, 0.2) is 48.5 Å². The minimum absolute atomic E-state index is 0.219. The highest BCUT2D eigenvalue weighted by atomic mass is 16.3. The van der Waals surface area contributed by atoms with Crippen LogP contribution in [0.5, 0.6) is 0 Å². The highest BCUT2D eigenvalue weighted by Gasteiger charge is 2.11. The molecule has 0 spiro atoms. The molecule has 0 heterocycles. The number of carbonyl (C=O) groups is 1. The first-order valence-electron chi connectivity index (χ1n) is 6.87. The van der Waals surface area contributed by atoms with Gasteiger partial charge < -0.3 is 10.4 Å². The van der Waals surface area contributed by atoms with Crippen LogP contribution in [0.4, 0.5) is 16.2 Å². The van der Waals surface area contributed by atoms with Crippen molar-refractivity contribution in [1.29, 1.82) is 0 Å². The van der Waals surface area contributed by atoms with Gasteiger partial charge in [0.05, 0.1) is 6.10 Å². The van der Waals surface area contributed by atoms with Gasteiger partial charge in [-0.25, -0.2) is 4.79 Å². The Morgan fingerprint density at radius 3 is 2.57 bits per heavy atom. The number of carbonyl (C=O) groups excluding carboxylic acids is 1. The van der Waals surface area contributed by atoms with Gasteiger partial charge in [0.2, 0.25) is 0 Å². The smallest absolute Gasteiger partial charge is 0.326 e. The zero-order valence-corrected chi connectivity index (χ0v) is 12.5. The van der Waals surface area contributed by atoms with Crippen molar-refractivity contribution in [3.63, 3.8) is 0 Å². The molecule has 0 saturated carbocycles. The fourth-order valence-corrected chi connectivity index (χ4v) is 2.04. The topological polar surface area (TPSA) is 52.6 Å². The molecule has 4 heteroatoms. The molecule has 110 valence electrons. The molecule has 1 atom stereocenters. The molecule has 0 aliphatic rings. The van der Waals surface area contributed by atoms with Gasteiger partial charge >= 0.3 is 6.03 Å². The van der Waals surface area contributed by atoms with E-state index in [4.69, 9.17) is 0 Å². The molecule has 2 aromatic carbocycles. The molecule has 2 amide bonds. The van der Waals surface area contributed by atoms with E-state index >= 15 is 0 Å². The Morgan fingerprint density at radius 1 is 1.19 bits per heavy atom. The van der Waals surface area contributed by atoms with Gasteiger partial charge in [-0.1, -0.05) is 24.3 Å². The third kappa shape index (κ3) is 3.83. The molecule has 4 nitrogen and oxygen atoms in total. The molecular weight excluding hydrogens is 264 g/mol. The van der Waals surface area contributed by atoms with Crippen LogP contribution in [0.1, 0.15) is 24.2 Å². The summed E-state index contributed by atoms with van der Waals surface area (Å²) in [4.78, 5) is 13.8. The van der Waals surface area contributed by atoms with E-state index in [1.54, 1.807) is 31.0 Å². The zero-order valence-electron chi connectivity index (χ0n) is 12.5. The van der Waals surface area contributed by atoms with Crippen LogP contribution >= 0.6 is 0 Å². The molecule has 0 aliphatic heterocycles. The minimum Gasteiger partial charge on any atom is -0.389 e. The van der Waals surface area contributed by atoms with Gasteiger partial charge in [-0.3, -0.25) is 4.90 Å². The van der Waals surface area contributed by atoms with E-state index in [2.05, 4.69) is 5.32 Å². The summed E-state index contributed by atoms with van der Waals surface area (Å²) in [6.07, 6.45) is -0.559. The summed E-state index contributed by atoms with van der Waals surface area (Å²) in [6, 6.07) is 14.7. The molecule has 2 rings (SSSR count). The standard InChI is InChI=1S/C17H20N2O2/c1-12-6-4-9-16(10-12)19(3)17(21)18-15-8-5-7-14(11-15)13(2)20/h4-11,13,20H,1-3H3,(H,18,21). The molecule has 21 heavy (non-hydrogen) atoms. The maximum atomic E-state index is 12.3. The van der Waals surface area contributed by atoms with Crippen molar-refractivity contribution in [3.05, 3.63) is 59.7 Å². The third-order valence-corrected chi connectivity index (χ3v) is 3.31. The lowest BCUT2D eigenvalue weighted by Crippen LogP contribution is -2.31. The number of rotatable bonds is 3. The lowest BCUT2D eigenvalue weighted by molar-refractivity contribution is 0.199. The van der Waals surface area contributed by atoms with Crippen molar-refractivity contribution in [2.75, 3.05) is 17.3 Å². The summed E-state index contributed by atoms with van der Waals surface area (Å²) in [5, 5.41) is 12.4. The quantitative estimate of drug-likeness (QED) is 0.902. The van der Waals surface area contributed by atoms with Crippen LogP contribution in [0.3, 0.4) is 0 Å². The number of aryl methyl sites for hydroxylation is 1. The van der Waals surface area contributed by atoms with Crippen LogP contribution < -0.4 is 10.2 Å². The maximum Gasteiger partial charge on any atom is 0.326 e. The predicted molar refractivity (Wildman–Crippen MR) is 85.7 cm³/mol. The van der Waals surface area contributed by atoms with Gasteiger partial charge in [0.15, 0.2) is 0 Å². The number of hydrogen-bond acceptors (Lipinski definition) is 2. The number of amides is 2.